The van der Waals surface area contributed by atoms with Crippen LogP contribution in [-0.4, -0.2) is 43.2 Å². The molecule has 0 amide bonds. The van der Waals surface area contributed by atoms with Crippen molar-refractivity contribution in [3.8, 4) is 17.0 Å². The molecule has 1 aliphatic heterocycles. The van der Waals surface area contributed by atoms with E-state index in [0.29, 0.717) is 0 Å². The number of rotatable bonds is 7. The Balaban J connectivity index is 1.46. The summed E-state index contributed by atoms with van der Waals surface area (Å²) in [4.78, 5) is 7.44. The number of anilines is 1. The van der Waals surface area contributed by atoms with E-state index in [1.54, 1.807) is 18.4 Å². The largest absolute Gasteiger partial charge is 0.497 e. The van der Waals surface area contributed by atoms with Crippen LogP contribution in [0.2, 0.25) is 0 Å². The van der Waals surface area contributed by atoms with Crippen LogP contribution in [0, 0.1) is 0 Å². The van der Waals surface area contributed by atoms with Gasteiger partial charge in [0, 0.05) is 12.1 Å². The van der Waals surface area contributed by atoms with Gasteiger partial charge in [0.1, 0.15) is 5.75 Å². The zero-order valence-corrected chi connectivity index (χ0v) is 16.7. The lowest BCUT2D eigenvalue weighted by Gasteiger charge is -2.26. The number of likely N-dealkylation sites (tertiary alicyclic amines) is 1. The Morgan fingerprint density at radius 3 is 2.70 bits per heavy atom. The summed E-state index contributed by atoms with van der Waals surface area (Å²) >= 11 is 1.75. The molecule has 2 aromatic heterocycles. The van der Waals surface area contributed by atoms with Crippen LogP contribution >= 0.6 is 11.3 Å². The SMILES string of the molecule is COc1ccc(-c2cc(NCCCN3CCCCC3)c3sccc3n2)cc1. The first kappa shape index (κ1) is 18.3. The predicted octanol–water partition coefficient (Wildman–Crippen LogP) is 5.26. The molecular formula is C22H27N3OS. The first-order valence-corrected chi connectivity index (χ1v) is 10.7. The Bertz CT molecular complexity index is 869. The maximum Gasteiger partial charge on any atom is 0.118 e. The van der Waals surface area contributed by atoms with E-state index in [2.05, 4.69) is 39.9 Å². The van der Waals surface area contributed by atoms with Crippen molar-refractivity contribution in [3.05, 3.63) is 41.8 Å². The summed E-state index contributed by atoms with van der Waals surface area (Å²) in [5.41, 5.74) is 4.37. The van der Waals surface area contributed by atoms with Crippen LogP contribution < -0.4 is 10.1 Å². The number of fused-ring (bicyclic) bond motifs is 1. The highest BCUT2D eigenvalue weighted by molar-refractivity contribution is 7.17. The van der Waals surface area contributed by atoms with Crippen molar-refractivity contribution in [3.63, 3.8) is 0 Å². The number of piperidine rings is 1. The van der Waals surface area contributed by atoms with Crippen molar-refractivity contribution in [2.24, 2.45) is 0 Å². The summed E-state index contributed by atoms with van der Waals surface area (Å²) in [6.45, 7) is 4.73. The zero-order valence-electron chi connectivity index (χ0n) is 15.9. The molecular weight excluding hydrogens is 354 g/mol. The van der Waals surface area contributed by atoms with Crippen molar-refractivity contribution in [1.82, 2.24) is 9.88 Å². The molecule has 0 saturated carbocycles. The third-order valence-corrected chi connectivity index (χ3v) is 6.15. The number of pyridine rings is 1. The van der Waals surface area contributed by atoms with Crippen LogP contribution in [0.5, 0.6) is 5.75 Å². The topological polar surface area (TPSA) is 37.4 Å². The minimum atomic E-state index is 0.867. The van der Waals surface area contributed by atoms with Gasteiger partial charge in [-0.3, -0.25) is 0 Å². The molecule has 5 heteroatoms. The standard InChI is InChI=1S/C22H27N3OS/c1-26-18-8-6-17(7-9-18)20-16-21(22-19(24-20)10-15-27-22)23-11-5-14-25-12-3-2-4-13-25/h6-10,15-16H,2-5,11-14H2,1H3,(H,23,24). The minimum Gasteiger partial charge on any atom is -0.497 e. The maximum absolute atomic E-state index is 5.27. The van der Waals surface area contributed by atoms with Crippen LogP contribution in [0.1, 0.15) is 25.7 Å². The average molecular weight is 382 g/mol. The molecule has 142 valence electrons. The summed E-state index contributed by atoms with van der Waals surface area (Å²) < 4.78 is 6.51. The van der Waals surface area contributed by atoms with E-state index in [9.17, 15) is 0 Å². The quantitative estimate of drug-likeness (QED) is 0.567. The van der Waals surface area contributed by atoms with Gasteiger partial charge < -0.3 is 15.0 Å². The molecule has 1 aromatic carbocycles. The fourth-order valence-electron chi connectivity index (χ4n) is 3.71. The maximum atomic E-state index is 5.27. The number of ether oxygens (including phenoxy) is 1. The van der Waals surface area contributed by atoms with Crippen molar-refractivity contribution in [2.75, 3.05) is 38.6 Å². The zero-order chi connectivity index (χ0) is 18.5. The van der Waals surface area contributed by atoms with Crippen LogP contribution in [0.4, 0.5) is 5.69 Å². The number of benzene rings is 1. The van der Waals surface area contributed by atoms with Gasteiger partial charge in [-0.15, -0.1) is 11.3 Å². The molecule has 4 rings (SSSR count). The molecule has 0 bridgehead atoms. The van der Waals surface area contributed by atoms with Gasteiger partial charge in [0.25, 0.3) is 0 Å². The average Bonchev–Trinajstić information content (AvgIpc) is 3.21. The number of nitrogens with zero attached hydrogens (tertiary/aromatic N) is 2. The molecule has 3 heterocycles. The molecule has 27 heavy (non-hydrogen) atoms. The smallest absolute Gasteiger partial charge is 0.118 e. The van der Waals surface area contributed by atoms with Gasteiger partial charge in [0.2, 0.25) is 0 Å². The van der Waals surface area contributed by atoms with E-state index in [1.807, 2.05) is 12.1 Å². The van der Waals surface area contributed by atoms with E-state index in [0.717, 1.165) is 29.1 Å². The summed E-state index contributed by atoms with van der Waals surface area (Å²) in [5.74, 6) is 0.867. The highest BCUT2D eigenvalue weighted by Crippen LogP contribution is 2.32. The van der Waals surface area contributed by atoms with Crippen LogP contribution in [0.25, 0.3) is 21.5 Å². The van der Waals surface area contributed by atoms with Crippen molar-refractivity contribution >= 4 is 27.2 Å². The van der Waals surface area contributed by atoms with Gasteiger partial charge in [0.05, 0.1) is 28.7 Å². The van der Waals surface area contributed by atoms with Crippen molar-refractivity contribution in [1.29, 1.82) is 0 Å². The first-order chi connectivity index (χ1) is 13.3. The van der Waals surface area contributed by atoms with E-state index in [1.165, 1.54) is 55.7 Å². The summed E-state index contributed by atoms with van der Waals surface area (Å²) in [6.07, 6.45) is 5.29. The van der Waals surface area contributed by atoms with Crippen LogP contribution in [0.3, 0.4) is 0 Å². The molecule has 1 fully saturated rings. The Hall–Kier alpha value is -2.11. The molecule has 0 unspecified atom stereocenters. The van der Waals surface area contributed by atoms with Gasteiger partial charge in [-0.2, -0.15) is 0 Å². The third kappa shape index (κ3) is 4.42. The highest BCUT2D eigenvalue weighted by Gasteiger charge is 2.11. The summed E-state index contributed by atoms with van der Waals surface area (Å²) in [5, 5.41) is 5.78. The number of thiophene rings is 1. The lowest BCUT2D eigenvalue weighted by atomic mass is 10.1. The summed E-state index contributed by atoms with van der Waals surface area (Å²) in [6, 6.07) is 12.4. The summed E-state index contributed by atoms with van der Waals surface area (Å²) in [7, 11) is 1.69. The van der Waals surface area contributed by atoms with Gasteiger partial charge in [-0.05, 0) is 80.7 Å². The number of hydrogen-bond donors (Lipinski definition) is 1. The molecule has 0 atom stereocenters. The molecule has 3 aromatic rings. The fraction of sp³-hybridized carbons (Fsp3) is 0.409. The molecule has 1 aliphatic rings. The Labute approximate surface area is 165 Å². The predicted molar refractivity (Wildman–Crippen MR) is 115 cm³/mol. The monoisotopic (exact) mass is 381 g/mol. The van der Waals surface area contributed by atoms with Crippen LogP contribution in [-0.2, 0) is 0 Å². The van der Waals surface area contributed by atoms with Crippen LogP contribution in [0.15, 0.2) is 41.8 Å². The minimum absolute atomic E-state index is 0.867. The second kappa shape index (κ2) is 8.72. The normalized spacial score (nSPS) is 15.1. The van der Waals surface area contributed by atoms with Gasteiger partial charge in [-0.25, -0.2) is 4.98 Å². The highest BCUT2D eigenvalue weighted by atomic mass is 32.1. The Kier molecular flexibility index (Phi) is 5.90. The number of methoxy groups -OCH3 is 1. The van der Waals surface area contributed by atoms with E-state index in [4.69, 9.17) is 9.72 Å². The van der Waals surface area contributed by atoms with Crippen molar-refractivity contribution < 1.29 is 4.74 Å². The fourth-order valence-corrected chi connectivity index (χ4v) is 4.53. The van der Waals surface area contributed by atoms with Gasteiger partial charge in [0.15, 0.2) is 0 Å². The second-order valence-corrected chi connectivity index (χ2v) is 8.02. The molecule has 1 N–H and O–H groups in total. The Morgan fingerprint density at radius 2 is 1.93 bits per heavy atom. The van der Waals surface area contributed by atoms with Gasteiger partial charge in [-0.1, -0.05) is 6.42 Å². The molecule has 4 nitrogen and oxygen atoms in total. The van der Waals surface area contributed by atoms with Gasteiger partial charge >= 0.3 is 0 Å². The van der Waals surface area contributed by atoms with Crippen molar-refractivity contribution in [2.45, 2.75) is 25.7 Å². The number of nitrogens with one attached hydrogen (secondary N) is 1. The lowest BCUT2D eigenvalue weighted by molar-refractivity contribution is 0.228. The third-order valence-electron chi connectivity index (χ3n) is 5.21. The number of aromatic nitrogens is 1. The van der Waals surface area contributed by atoms with E-state index in [-0.39, 0.29) is 0 Å². The molecule has 0 spiro atoms. The second-order valence-electron chi connectivity index (χ2n) is 7.10. The first-order valence-electron chi connectivity index (χ1n) is 9.82. The lowest BCUT2D eigenvalue weighted by Crippen LogP contribution is -2.31. The number of hydrogen-bond acceptors (Lipinski definition) is 5. The van der Waals surface area contributed by atoms with E-state index >= 15 is 0 Å². The van der Waals surface area contributed by atoms with E-state index < -0.39 is 0 Å². The molecule has 0 aliphatic carbocycles. The Morgan fingerprint density at radius 1 is 1.11 bits per heavy atom. The molecule has 1 saturated heterocycles. The molecule has 0 radical (unpaired) electrons.